The number of rotatable bonds is 4. The molecule has 0 unspecified atom stereocenters. The van der Waals surface area contributed by atoms with Crippen molar-refractivity contribution in [3.63, 3.8) is 0 Å². The lowest BCUT2D eigenvalue weighted by atomic mass is 10.1. The Labute approximate surface area is 153 Å². The topological polar surface area (TPSA) is 35.5 Å². The fourth-order valence-electron chi connectivity index (χ4n) is 2.22. The predicted molar refractivity (Wildman–Crippen MR) is 98.8 cm³/mol. The van der Waals surface area contributed by atoms with E-state index in [1.165, 1.54) is 0 Å². The van der Waals surface area contributed by atoms with E-state index in [2.05, 4.69) is 15.9 Å². The summed E-state index contributed by atoms with van der Waals surface area (Å²) >= 11 is 9.26. The van der Waals surface area contributed by atoms with Crippen molar-refractivity contribution in [2.45, 2.75) is 13.0 Å². The highest BCUT2D eigenvalue weighted by Gasteiger charge is 2.17. The van der Waals surface area contributed by atoms with Crippen LogP contribution < -0.4 is 9.47 Å². The lowest BCUT2D eigenvalue weighted by molar-refractivity contribution is -0.141. The van der Waals surface area contributed by atoms with Crippen LogP contribution in [-0.2, 0) is 4.79 Å². The first kappa shape index (κ1) is 16.8. The number of hydrogen-bond donors (Lipinski definition) is 0. The van der Waals surface area contributed by atoms with Crippen LogP contribution in [0.5, 0.6) is 11.5 Å². The van der Waals surface area contributed by atoms with Gasteiger partial charge in [0.25, 0.3) is 0 Å². The van der Waals surface area contributed by atoms with Crippen molar-refractivity contribution in [3.05, 3.63) is 70.2 Å². The molecule has 0 bridgehead atoms. The zero-order valence-electron chi connectivity index (χ0n) is 12.8. The van der Waals surface area contributed by atoms with Gasteiger partial charge in [-0.15, -0.1) is 0 Å². The van der Waals surface area contributed by atoms with Gasteiger partial charge < -0.3 is 9.47 Å². The molecule has 3 aromatic carbocycles. The Balaban J connectivity index is 1.69. The van der Waals surface area contributed by atoms with Crippen molar-refractivity contribution in [3.8, 4) is 11.5 Å². The minimum absolute atomic E-state index is 0.457. The van der Waals surface area contributed by atoms with Crippen LogP contribution in [0.1, 0.15) is 6.92 Å². The Morgan fingerprint density at radius 2 is 1.58 bits per heavy atom. The van der Waals surface area contributed by atoms with E-state index in [0.29, 0.717) is 16.5 Å². The average molecular weight is 406 g/mol. The standard InChI is InChI=1S/C19H14BrClO3/c1-12(23-17-8-5-16(21)6-9-17)19(22)24-18-7-3-13-10-15(20)4-2-14(13)11-18/h2-12H,1H3/t12-/m0/s1. The molecule has 3 nitrogen and oxygen atoms in total. The first-order chi connectivity index (χ1) is 11.5. The maximum Gasteiger partial charge on any atom is 0.352 e. The summed E-state index contributed by atoms with van der Waals surface area (Å²) in [7, 11) is 0. The Morgan fingerprint density at radius 1 is 0.958 bits per heavy atom. The van der Waals surface area contributed by atoms with Crippen molar-refractivity contribution >= 4 is 44.3 Å². The molecule has 3 aromatic rings. The molecule has 0 heterocycles. The first-order valence-electron chi connectivity index (χ1n) is 7.34. The average Bonchev–Trinajstić information content (AvgIpc) is 2.57. The van der Waals surface area contributed by atoms with Gasteiger partial charge in [-0.3, -0.25) is 0 Å². The molecule has 0 aliphatic heterocycles. The summed E-state index contributed by atoms with van der Waals surface area (Å²) < 4.78 is 12.0. The summed E-state index contributed by atoms with van der Waals surface area (Å²) in [5, 5.41) is 2.67. The van der Waals surface area contributed by atoms with Crippen LogP contribution in [0.3, 0.4) is 0 Å². The van der Waals surface area contributed by atoms with Crippen LogP contribution in [0.15, 0.2) is 65.1 Å². The first-order valence-corrected chi connectivity index (χ1v) is 8.51. The zero-order valence-corrected chi connectivity index (χ0v) is 15.2. The van der Waals surface area contributed by atoms with Crippen molar-refractivity contribution in [2.24, 2.45) is 0 Å². The Bertz CT molecular complexity index is 877. The molecule has 0 aromatic heterocycles. The van der Waals surface area contributed by atoms with Gasteiger partial charge in [0.2, 0.25) is 0 Å². The van der Waals surface area contributed by atoms with E-state index in [1.807, 2.05) is 30.3 Å². The molecular weight excluding hydrogens is 392 g/mol. The Morgan fingerprint density at radius 3 is 2.33 bits per heavy atom. The summed E-state index contributed by atoms with van der Waals surface area (Å²) in [5.74, 6) is 0.593. The van der Waals surface area contributed by atoms with Gasteiger partial charge in [0.05, 0.1) is 0 Å². The summed E-state index contributed by atoms with van der Waals surface area (Å²) in [4.78, 5) is 12.2. The van der Waals surface area contributed by atoms with Crippen LogP contribution in [0.25, 0.3) is 10.8 Å². The number of carbonyl (C=O) groups excluding carboxylic acids is 1. The van der Waals surface area contributed by atoms with Crippen molar-refractivity contribution in [2.75, 3.05) is 0 Å². The van der Waals surface area contributed by atoms with E-state index in [4.69, 9.17) is 21.1 Å². The quantitative estimate of drug-likeness (QED) is 0.417. The van der Waals surface area contributed by atoms with E-state index in [0.717, 1.165) is 15.2 Å². The molecule has 0 saturated heterocycles. The lowest BCUT2D eigenvalue weighted by Crippen LogP contribution is -2.28. The summed E-state index contributed by atoms with van der Waals surface area (Å²) in [6.45, 7) is 1.65. The number of ether oxygens (including phenoxy) is 2. The van der Waals surface area contributed by atoms with Crippen LogP contribution in [0.4, 0.5) is 0 Å². The second-order valence-corrected chi connectivity index (χ2v) is 6.64. The smallest absolute Gasteiger partial charge is 0.352 e. The molecule has 5 heteroatoms. The zero-order chi connectivity index (χ0) is 17.1. The molecule has 0 N–H and O–H groups in total. The number of hydrogen-bond acceptors (Lipinski definition) is 3. The SMILES string of the molecule is C[C@H](Oc1ccc(Cl)cc1)C(=O)Oc1ccc2cc(Br)ccc2c1. The van der Waals surface area contributed by atoms with E-state index < -0.39 is 12.1 Å². The Kier molecular flexibility index (Phi) is 5.07. The number of fused-ring (bicyclic) bond motifs is 1. The van der Waals surface area contributed by atoms with Gasteiger partial charge in [0.1, 0.15) is 11.5 Å². The van der Waals surface area contributed by atoms with E-state index in [9.17, 15) is 4.79 Å². The van der Waals surface area contributed by atoms with Crippen molar-refractivity contribution in [1.29, 1.82) is 0 Å². The van der Waals surface area contributed by atoms with E-state index >= 15 is 0 Å². The van der Waals surface area contributed by atoms with Crippen LogP contribution >= 0.6 is 27.5 Å². The molecule has 0 saturated carbocycles. The molecule has 0 amide bonds. The van der Waals surface area contributed by atoms with Gasteiger partial charge in [0, 0.05) is 9.50 Å². The highest BCUT2D eigenvalue weighted by atomic mass is 79.9. The largest absolute Gasteiger partial charge is 0.479 e. The van der Waals surface area contributed by atoms with Crippen LogP contribution in [0.2, 0.25) is 5.02 Å². The monoisotopic (exact) mass is 404 g/mol. The summed E-state index contributed by atoms with van der Waals surface area (Å²) in [5.41, 5.74) is 0. The van der Waals surface area contributed by atoms with Gasteiger partial charge in [-0.25, -0.2) is 4.79 Å². The molecule has 0 aliphatic rings. The molecule has 122 valence electrons. The molecule has 3 rings (SSSR count). The molecule has 0 radical (unpaired) electrons. The van der Waals surface area contributed by atoms with Gasteiger partial charge in [-0.05, 0) is 66.2 Å². The highest BCUT2D eigenvalue weighted by Crippen LogP contribution is 2.24. The molecule has 0 aliphatic carbocycles. The second kappa shape index (κ2) is 7.24. The third kappa shape index (κ3) is 4.08. The minimum atomic E-state index is -0.730. The van der Waals surface area contributed by atoms with Gasteiger partial charge >= 0.3 is 5.97 Å². The van der Waals surface area contributed by atoms with Gasteiger partial charge in [-0.2, -0.15) is 0 Å². The van der Waals surface area contributed by atoms with Crippen molar-refractivity contribution in [1.82, 2.24) is 0 Å². The summed E-state index contributed by atoms with van der Waals surface area (Å²) in [6, 6.07) is 18.2. The number of halogens is 2. The second-order valence-electron chi connectivity index (χ2n) is 5.29. The third-order valence-electron chi connectivity index (χ3n) is 3.45. The third-order valence-corrected chi connectivity index (χ3v) is 4.20. The van der Waals surface area contributed by atoms with E-state index in [1.54, 1.807) is 37.3 Å². The maximum absolute atomic E-state index is 12.2. The van der Waals surface area contributed by atoms with E-state index in [-0.39, 0.29) is 0 Å². The fraction of sp³-hybridized carbons (Fsp3) is 0.105. The number of esters is 1. The molecule has 1 atom stereocenters. The lowest BCUT2D eigenvalue weighted by Gasteiger charge is -2.14. The predicted octanol–water partition coefficient (Wildman–Crippen LogP) is 5.63. The number of benzene rings is 3. The summed E-state index contributed by atoms with van der Waals surface area (Å²) in [6.07, 6.45) is -0.730. The normalized spacial score (nSPS) is 12.0. The van der Waals surface area contributed by atoms with Gasteiger partial charge in [-0.1, -0.05) is 39.7 Å². The Hall–Kier alpha value is -2.04. The van der Waals surface area contributed by atoms with Crippen LogP contribution in [0, 0.1) is 0 Å². The maximum atomic E-state index is 12.2. The minimum Gasteiger partial charge on any atom is -0.479 e. The molecule has 0 fully saturated rings. The van der Waals surface area contributed by atoms with Gasteiger partial charge in [0.15, 0.2) is 6.10 Å². The van der Waals surface area contributed by atoms with Crippen molar-refractivity contribution < 1.29 is 14.3 Å². The van der Waals surface area contributed by atoms with Crippen LogP contribution in [-0.4, -0.2) is 12.1 Å². The molecule has 24 heavy (non-hydrogen) atoms. The number of carbonyl (C=O) groups is 1. The molecule has 0 spiro atoms. The molecular formula is C19H14BrClO3. The highest BCUT2D eigenvalue weighted by molar-refractivity contribution is 9.10. The fourth-order valence-corrected chi connectivity index (χ4v) is 2.73.